The highest BCUT2D eigenvalue weighted by molar-refractivity contribution is 7.92. The first-order chi connectivity index (χ1) is 9.26. The van der Waals surface area contributed by atoms with Gasteiger partial charge in [-0.2, -0.15) is 0 Å². The van der Waals surface area contributed by atoms with Crippen molar-refractivity contribution in [3.05, 3.63) is 23.2 Å². The Kier molecular flexibility index (Phi) is 5.75. The van der Waals surface area contributed by atoms with E-state index in [0.717, 1.165) is 6.26 Å². The zero-order chi connectivity index (χ0) is 15.3. The lowest BCUT2D eigenvalue weighted by Gasteiger charge is -2.15. The van der Waals surface area contributed by atoms with E-state index in [9.17, 15) is 13.2 Å². The Bertz CT molecular complexity index is 587. The number of nitrogens with two attached hydrogens (primary N) is 1. The van der Waals surface area contributed by atoms with E-state index in [1.807, 2.05) is 0 Å². The Hall–Kier alpha value is -1.35. The normalized spacial score (nSPS) is 12.8. The van der Waals surface area contributed by atoms with Gasteiger partial charge in [-0.3, -0.25) is 9.52 Å². The molecule has 1 unspecified atom stereocenters. The van der Waals surface area contributed by atoms with Gasteiger partial charge in [0, 0.05) is 13.7 Å². The highest BCUT2D eigenvalue weighted by Gasteiger charge is 2.17. The van der Waals surface area contributed by atoms with E-state index in [-0.39, 0.29) is 22.9 Å². The van der Waals surface area contributed by atoms with E-state index in [1.165, 1.54) is 25.3 Å². The average molecular weight is 322 g/mol. The van der Waals surface area contributed by atoms with Crippen molar-refractivity contribution in [1.29, 1.82) is 0 Å². The minimum absolute atomic E-state index is 0.0151. The molecule has 0 aliphatic carbocycles. The van der Waals surface area contributed by atoms with Crippen LogP contribution in [0, 0.1) is 0 Å². The Morgan fingerprint density at radius 3 is 2.65 bits per heavy atom. The fourth-order valence-corrected chi connectivity index (χ4v) is 2.14. The lowest BCUT2D eigenvalue weighted by molar-refractivity contribution is -0.125. The van der Waals surface area contributed by atoms with Crippen LogP contribution < -0.4 is 15.8 Å². The van der Waals surface area contributed by atoms with Gasteiger partial charge in [0.1, 0.15) is 6.10 Å². The number of halogens is 1. The van der Waals surface area contributed by atoms with Gasteiger partial charge in [0.25, 0.3) is 5.91 Å². The maximum absolute atomic E-state index is 11.8. The van der Waals surface area contributed by atoms with Gasteiger partial charge in [0.2, 0.25) is 10.0 Å². The second-order valence-electron chi connectivity index (χ2n) is 4.02. The molecule has 0 aliphatic heterocycles. The molecule has 1 aromatic carbocycles. The zero-order valence-electron chi connectivity index (χ0n) is 11.0. The molecule has 1 rings (SSSR count). The van der Waals surface area contributed by atoms with E-state index < -0.39 is 22.0 Å². The number of benzene rings is 1. The summed E-state index contributed by atoms with van der Waals surface area (Å²) in [6.07, 6.45) is 0.215. The van der Waals surface area contributed by atoms with Crippen LogP contribution in [-0.2, 0) is 19.6 Å². The smallest absolute Gasteiger partial charge is 0.254 e. The molecule has 0 saturated heterocycles. The monoisotopic (exact) mass is 321 g/mol. The number of methoxy groups -OCH3 is 1. The number of anilines is 2. The predicted octanol–water partition coefficient (Wildman–Crippen LogP) is 0.624. The fraction of sp³-hybridized carbons (Fsp3) is 0.364. The number of sulfonamides is 1. The van der Waals surface area contributed by atoms with Crippen LogP contribution in [0.4, 0.5) is 11.4 Å². The number of carbonyl (C=O) groups excluding carboxylic acids is 1. The molecule has 4 N–H and O–H groups in total. The molecule has 0 aromatic heterocycles. The summed E-state index contributed by atoms with van der Waals surface area (Å²) < 4.78 is 29.5. The zero-order valence-corrected chi connectivity index (χ0v) is 12.6. The molecule has 0 fully saturated rings. The lowest BCUT2D eigenvalue weighted by Crippen LogP contribution is -2.36. The lowest BCUT2D eigenvalue weighted by atomic mass is 10.2. The standard InChI is InChI=1S/C11H16ClN3O4S/c1-19-10(6-13)11(16)14-9-5-7(3-4-8(9)12)15-20(2,17)18/h3-5,10,15H,6,13H2,1-2H3,(H,14,16). The average Bonchev–Trinajstić information content (AvgIpc) is 2.33. The highest BCUT2D eigenvalue weighted by atomic mass is 35.5. The van der Waals surface area contributed by atoms with Gasteiger partial charge >= 0.3 is 0 Å². The van der Waals surface area contributed by atoms with Crippen LogP contribution in [0.3, 0.4) is 0 Å². The Labute approximate surface area is 122 Å². The molecule has 0 radical (unpaired) electrons. The summed E-state index contributed by atoms with van der Waals surface area (Å²) in [5.74, 6) is -0.464. The summed E-state index contributed by atoms with van der Waals surface area (Å²) >= 11 is 5.94. The van der Waals surface area contributed by atoms with Crippen molar-refractivity contribution in [2.45, 2.75) is 6.10 Å². The molecule has 0 bridgehead atoms. The third-order valence-electron chi connectivity index (χ3n) is 2.32. The van der Waals surface area contributed by atoms with Crippen LogP contribution in [0.5, 0.6) is 0 Å². The fourth-order valence-electron chi connectivity index (χ4n) is 1.42. The summed E-state index contributed by atoms with van der Waals surface area (Å²) in [5, 5.41) is 2.80. The number of ether oxygens (including phenoxy) is 1. The van der Waals surface area contributed by atoms with Crippen LogP contribution in [0.1, 0.15) is 0 Å². The maximum atomic E-state index is 11.8. The molecule has 1 aromatic rings. The number of carbonyl (C=O) groups is 1. The molecular weight excluding hydrogens is 306 g/mol. The van der Waals surface area contributed by atoms with E-state index in [4.69, 9.17) is 22.1 Å². The summed E-state index contributed by atoms with van der Waals surface area (Å²) in [5.41, 5.74) is 5.93. The van der Waals surface area contributed by atoms with Crippen LogP contribution in [0.15, 0.2) is 18.2 Å². The largest absolute Gasteiger partial charge is 0.370 e. The molecule has 7 nitrogen and oxygen atoms in total. The summed E-state index contributed by atoms with van der Waals surface area (Å²) in [4.78, 5) is 11.8. The highest BCUT2D eigenvalue weighted by Crippen LogP contribution is 2.26. The quantitative estimate of drug-likeness (QED) is 0.711. The second kappa shape index (κ2) is 6.89. The van der Waals surface area contributed by atoms with Gasteiger partial charge in [-0.15, -0.1) is 0 Å². The molecule has 20 heavy (non-hydrogen) atoms. The minimum atomic E-state index is -3.41. The third kappa shape index (κ3) is 4.97. The topological polar surface area (TPSA) is 111 Å². The van der Waals surface area contributed by atoms with Gasteiger partial charge in [0.15, 0.2) is 0 Å². The number of hydrogen-bond acceptors (Lipinski definition) is 5. The number of amides is 1. The van der Waals surface area contributed by atoms with E-state index in [0.29, 0.717) is 0 Å². The molecule has 0 aliphatic rings. The Morgan fingerprint density at radius 2 is 2.15 bits per heavy atom. The first kappa shape index (κ1) is 16.7. The Morgan fingerprint density at radius 1 is 1.50 bits per heavy atom. The second-order valence-corrected chi connectivity index (χ2v) is 6.17. The van der Waals surface area contributed by atoms with Crippen LogP contribution >= 0.6 is 11.6 Å². The van der Waals surface area contributed by atoms with Crippen molar-refractivity contribution in [1.82, 2.24) is 0 Å². The molecule has 0 spiro atoms. The Balaban J connectivity index is 2.95. The van der Waals surface area contributed by atoms with Crippen LogP contribution in [0.2, 0.25) is 5.02 Å². The summed E-state index contributed by atoms with van der Waals surface area (Å²) in [7, 11) is -2.05. The number of rotatable bonds is 6. The van der Waals surface area contributed by atoms with Crippen molar-refractivity contribution in [2.24, 2.45) is 5.73 Å². The van der Waals surface area contributed by atoms with Crippen molar-refractivity contribution in [2.75, 3.05) is 29.9 Å². The van der Waals surface area contributed by atoms with Crippen molar-refractivity contribution in [3.63, 3.8) is 0 Å². The minimum Gasteiger partial charge on any atom is -0.370 e. The van der Waals surface area contributed by atoms with Crippen LogP contribution in [0.25, 0.3) is 0 Å². The van der Waals surface area contributed by atoms with Gasteiger partial charge in [-0.05, 0) is 18.2 Å². The predicted molar refractivity (Wildman–Crippen MR) is 78.4 cm³/mol. The number of nitrogens with one attached hydrogen (secondary N) is 2. The number of hydrogen-bond donors (Lipinski definition) is 3. The van der Waals surface area contributed by atoms with E-state index >= 15 is 0 Å². The van der Waals surface area contributed by atoms with Gasteiger partial charge in [-0.1, -0.05) is 11.6 Å². The van der Waals surface area contributed by atoms with Crippen LogP contribution in [-0.4, -0.2) is 40.3 Å². The first-order valence-corrected chi connectivity index (χ1v) is 7.85. The summed E-state index contributed by atoms with van der Waals surface area (Å²) in [6, 6.07) is 4.36. The maximum Gasteiger partial charge on any atom is 0.254 e. The first-order valence-electron chi connectivity index (χ1n) is 5.58. The van der Waals surface area contributed by atoms with E-state index in [1.54, 1.807) is 0 Å². The molecule has 1 amide bonds. The van der Waals surface area contributed by atoms with Crippen molar-refractivity contribution < 1.29 is 17.9 Å². The molecule has 1 atom stereocenters. The molecule has 112 valence electrons. The van der Waals surface area contributed by atoms with Crippen molar-refractivity contribution >= 4 is 38.9 Å². The molecule has 0 saturated carbocycles. The molecule has 9 heteroatoms. The van der Waals surface area contributed by atoms with E-state index in [2.05, 4.69) is 10.0 Å². The van der Waals surface area contributed by atoms with Gasteiger partial charge in [-0.25, -0.2) is 8.42 Å². The molecule has 0 heterocycles. The third-order valence-corrected chi connectivity index (χ3v) is 3.25. The van der Waals surface area contributed by atoms with Gasteiger partial charge < -0.3 is 15.8 Å². The summed E-state index contributed by atoms with van der Waals surface area (Å²) in [6.45, 7) is 0.0151. The van der Waals surface area contributed by atoms with Gasteiger partial charge in [0.05, 0.1) is 22.7 Å². The SMILES string of the molecule is COC(CN)C(=O)Nc1cc(NS(C)(=O)=O)ccc1Cl. The molecular formula is C11H16ClN3O4S. The van der Waals surface area contributed by atoms with Crippen molar-refractivity contribution in [3.8, 4) is 0 Å².